The van der Waals surface area contributed by atoms with Gasteiger partial charge in [-0.15, -0.1) is 11.3 Å². The zero-order valence-electron chi connectivity index (χ0n) is 28.6. The van der Waals surface area contributed by atoms with E-state index in [1.54, 1.807) is 0 Å². The van der Waals surface area contributed by atoms with Crippen LogP contribution in [0.1, 0.15) is 25.0 Å². The lowest BCUT2D eigenvalue weighted by Gasteiger charge is -2.32. The second kappa shape index (κ2) is 11.6. The van der Waals surface area contributed by atoms with E-state index in [0.717, 1.165) is 11.4 Å². The van der Waals surface area contributed by atoms with E-state index in [9.17, 15) is 0 Å². The first kappa shape index (κ1) is 29.9. The van der Waals surface area contributed by atoms with Crippen molar-refractivity contribution in [1.82, 2.24) is 0 Å². The predicted molar refractivity (Wildman–Crippen MR) is 220 cm³/mol. The van der Waals surface area contributed by atoms with Gasteiger partial charge in [-0.2, -0.15) is 0 Å². The minimum absolute atomic E-state index is 0.159. The molecule has 51 heavy (non-hydrogen) atoms. The quantitative estimate of drug-likeness (QED) is 0.176. The van der Waals surface area contributed by atoms with Crippen LogP contribution in [0.15, 0.2) is 176 Å². The van der Waals surface area contributed by atoms with Gasteiger partial charge in [-0.1, -0.05) is 147 Å². The molecule has 0 fully saturated rings. The zero-order valence-corrected chi connectivity index (χ0v) is 29.4. The van der Waals surface area contributed by atoms with Gasteiger partial charge in [0.05, 0.1) is 5.69 Å². The van der Waals surface area contributed by atoms with Crippen molar-refractivity contribution in [3.8, 4) is 33.4 Å². The average molecular weight is 670 g/mol. The van der Waals surface area contributed by atoms with E-state index in [2.05, 4.69) is 195 Å². The number of benzene rings is 8. The van der Waals surface area contributed by atoms with Gasteiger partial charge in [0.15, 0.2) is 0 Å². The molecular weight excluding hydrogens is 635 g/mol. The fourth-order valence-corrected chi connectivity index (χ4v) is 9.63. The van der Waals surface area contributed by atoms with Crippen molar-refractivity contribution in [2.75, 3.05) is 4.90 Å². The fourth-order valence-electron chi connectivity index (χ4n) is 8.39. The van der Waals surface area contributed by atoms with Crippen molar-refractivity contribution in [1.29, 1.82) is 0 Å². The standard InChI is InChI=1S/C49H35NS/c1-49(2)44-21-7-5-16-40(44)42-19-11-22-45(47(42)49)50(38-15-9-14-35(31-38)36-25-24-32-12-3-4-13-34(32)30-36)37-28-26-33(27-29-37)39-18-10-20-43-41-17-6-8-23-46(41)51-48(39)43/h3-31H,1-2H3. The van der Waals surface area contributed by atoms with Crippen LogP contribution in [-0.2, 0) is 5.41 Å². The van der Waals surface area contributed by atoms with Crippen LogP contribution in [0, 0.1) is 0 Å². The molecule has 242 valence electrons. The zero-order chi connectivity index (χ0) is 34.1. The Morgan fingerprint density at radius 2 is 1.12 bits per heavy atom. The third kappa shape index (κ3) is 4.75. The fraction of sp³-hybridized carbons (Fsp3) is 0.0612. The first-order valence-electron chi connectivity index (χ1n) is 17.7. The summed E-state index contributed by atoms with van der Waals surface area (Å²) in [4.78, 5) is 2.47. The molecule has 0 aliphatic heterocycles. The highest BCUT2D eigenvalue weighted by Crippen LogP contribution is 2.54. The minimum atomic E-state index is -0.159. The first-order valence-corrected chi connectivity index (χ1v) is 18.5. The van der Waals surface area contributed by atoms with Crippen LogP contribution in [0.25, 0.3) is 64.3 Å². The average Bonchev–Trinajstić information content (AvgIpc) is 3.68. The predicted octanol–water partition coefficient (Wildman–Crippen LogP) is 14.3. The van der Waals surface area contributed by atoms with E-state index in [0.29, 0.717) is 0 Å². The van der Waals surface area contributed by atoms with Gasteiger partial charge in [0, 0.05) is 37.0 Å². The van der Waals surface area contributed by atoms with Crippen molar-refractivity contribution >= 4 is 59.3 Å². The number of thiophene rings is 1. The molecule has 0 radical (unpaired) electrons. The Hall–Kier alpha value is -5.96. The SMILES string of the molecule is CC1(C)c2ccccc2-c2cccc(N(c3ccc(-c4cccc5c4sc4ccccc45)cc3)c3cccc(-c4ccc5ccccc5c4)c3)c21. The van der Waals surface area contributed by atoms with E-state index in [4.69, 9.17) is 0 Å². The lowest BCUT2D eigenvalue weighted by Crippen LogP contribution is -2.20. The van der Waals surface area contributed by atoms with E-state index in [1.165, 1.54) is 81.1 Å². The largest absolute Gasteiger partial charge is 0.310 e. The van der Waals surface area contributed by atoms with Crippen LogP contribution in [0.2, 0.25) is 0 Å². The minimum Gasteiger partial charge on any atom is -0.310 e. The third-order valence-corrected chi connectivity index (χ3v) is 12.0. The summed E-state index contributed by atoms with van der Waals surface area (Å²) in [5.41, 5.74) is 13.6. The van der Waals surface area contributed by atoms with Crippen LogP contribution < -0.4 is 4.90 Å². The number of rotatable bonds is 5. The topological polar surface area (TPSA) is 3.24 Å². The number of nitrogens with zero attached hydrogens (tertiary/aromatic N) is 1. The molecule has 1 aliphatic carbocycles. The molecule has 0 saturated heterocycles. The van der Waals surface area contributed by atoms with Crippen LogP contribution >= 0.6 is 11.3 Å². The van der Waals surface area contributed by atoms with Crippen molar-refractivity contribution in [2.24, 2.45) is 0 Å². The monoisotopic (exact) mass is 669 g/mol. The number of fused-ring (bicyclic) bond motifs is 7. The highest BCUT2D eigenvalue weighted by Gasteiger charge is 2.38. The van der Waals surface area contributed by atoms with Gasteiger partial charge in [-0.3, -0.25) is 0 Å². The van der Waals surface area contributed by atoms with Gasteiger partial charge in [0.25, 0.3) is 0 Å². The Balaban J connectivity index is 1.15. The molecule has 0 N–H and O–H groups in total. The van der Waals surface area contributed by atoms with E-state index >= 15 is 0 Å². The van der Waals surface area contributed by atoms with Gasteiger partial charge >= 0.3 is 0 Å². The highest BCUT2D eigenvalue weighted by atomic mass is 32.1. The van der Waals surface area contributed by atoms with Gasteiger partial charge in [-0.05, 0) is 97.7 Å². The molecule has 0 saturated carbocycles. The molecule has 8 aromatic carbocycles. The lowest BCUT2D eigenvalue weighted by molar-refractivity contribution is 0.661. The summed E-state index contributed by atoms with van der Waals surface area (Å²) in [6.07, 6.45) is 0. The van der Waals surface area contributed by atoms with Gasteiger partial charge in [0.2, 0.25) is 0 Å². The van der Waals surface area contributed by atoms with E-state index in [-0.39, 0.29) is 5.41 Å². The van der Waals surface area contributed by atoms with Crippen LogP contribution in [-0.4, -0.2) is 0 Å². The first-order chi connectivity index (χ1) is 25.0. The van der Waals surface area contributed by atoms with Gasteiger partial charge < -0.3 is 4.90 Å². The Kier molecular flexibility index (Phi) is 6.78. The molecule has 0 bridgehead atoms. The molecule has 10 rings (SSSR count). The second-order valence-electron chi connectivity index (χ2n) is 14.1. The summed E-state index contributed by atoms with van der Waals surface area (Å²) in [5, 5.41) is 5.16. The molecule has 2 heteroatoms. The molecule has 0 spiro atoms. The molecule has 0 amide bonds. The second-order valence-corrected chi connectivity index (χ2v) is 15.2. The maximum Gasteiger partial charge on any atom is 0.0508 e. The Morgan fingerprint density at radius 1 is 0.451 bits per heavy atom. The maximum absolute atomic E-state index is 2.47. The molecule has 0 atom stereocenters. The number of hydrogen-bond donors (Lipinski definition) is 0. The van der Waals surface area contributed by atoms with Crippen LogP contribution in [0.5, 0.6) is 0 Å². The normalized spacial score (nSPS) is 13.1. The van der Waals surface area contributed by atoms with Gasteiger partial charge in [-0.25, -0.2) is 0 Å². The lowest BCUT2D eigenvalue weighted by atomic mass is 9.81. The maximum atomic E-state index is 2.47. The van der Waals surface area contributed by atoms with Crippen LogP contribution in [0.4, 0.5) is 17.1 Å². The Labute approximate surface area is 302 Å². The highest BCUT2D eigenvalue weighted by molar-refractivity contribution is 7.26. The summed E-state index contributed by atoms with van der Waals surface area (Å²) in [5.74, 6) is 0. The molecule has 1 aromatic heterocycles. The molecule has 9 aromatic rings. The summed E-state index contributed by atoms with van der Waals surface area (Å²) in [7, 11) is 0. The van der Waals surface area contributed by atoms with Crippen molar-refractivity contribution < 1.29 is 0 Å². The molecule has 0 unspecified atom stereocenters. The van der Waals surface area contributed by atoms with Crippen LogP contribution in [0.3, 0.4) is 0 Å². The van der Waals surface area contributed by atoms with Gasteiger partial charge in [0.1, 0.15) is 0 Å². The third-order valence-electron chi connectivity index (χ3n) is 10.8. The summed E-state index contributed by atoms with van der Waals surface area (Å²) >= 11 is 1.88. The number of hydrogen-bond acceptors (Lipinski definition) is 2. The Bertz CT molecular complexity index is 2780. The van der Waals surface area contributed by atoms with Crippen molar-refractivity contribution in [3.05, 3.63) is 187 Å². The number of anilines is 3. The van der Waals surface area contributed by atoms with E-state index in [1.807, 2.05) is 11.3 Å². The smallest absolute Gasteiger partial charge is 0.0508 e. The molecule has 1 nitrogen and oxygen atoms in total. The Morgan fingerprint density at radius 3 is 2.02 bits per heavy atom. The molecule has 1 aliphatic rings. The molecular formula is C49H35NS. The van der Waals surface area contributed by atoms with Crippen molar-refractivity contribution in [3.63, 3.8) is 0 Å². The molecule has 1 heterocycles. The van der Waals surface area contributed by atoms with E-state index < -0.39 is 0 Å². The summed E-state index contributed by atoms with van der Waals surface area (Å²) in [6, 6.07) is 64.8. The van der Waals surface area contributed by atoms with Crippen molar-refractivity contribution in [2.45, 2.75) is 19.3 Å². The summed E-state index contributed by atoms with van der Waals surface area (Å²) in [6.45, 7) is 4.75. The summed E-state index contributed by atoms with van der Waals surface area (Å²) < 4.78 is 2.67.